The number of aromatic nitrogens is 3. The average Bonchev–Trinajstić information content (AvgIpc) is 3.32. The summed E-state index contributed by atoms with van der Waals surface area (Å²) < 4.78 is 4.23. The van der Waals surface area contributed by atoms with Gasteiger partial charge in [0.2, 0.25) is 0 Å². The van der Waals surface area contributed by atoms with Crippen molar-refractivity contribution in [1.29, 1.82) is 0 Å². The quantitative estimate of drug-likeness (QED) is 0.300. The minimum absolute atomic E-state index is 0.185. The van der Waals surface area contributed by atoms with Crippen LogP contribution in [-0.2, 0) is 6.54 Å². The summed E-state index contributed by atoms with van der Waals surface area (Å²) in [6.07, 6.45) is 1.71. The number of anilines is 1. The third-order valence-electron chi connectivity index (χ3n) is 5.93. The lowest BCUT2D eigenvalue weighted by Crippen LogP contribution is -2.22. The van der Waals surface area contributed by atoms with Gasteiger partial charge in [-0.15, -0.1) is 0 Å². The number of nitrogens with one attached hydrogen (secondary N) is 2. The number of fused-ring (bicyclic) bond motifs is 1. The average molecular weight is 508 g/mol. The summed E-state index contributed by atoms with van der Waals surface area (Å²) in [7, 11) is 0. The van der Waals surface area contributed by atoms with Gasteiger partial charge in [0.1, 0.15) is 0 Å². The van der Waals surface area contributed by atoms with Crippen molar-refractivity contribution in [3.63, 3.8) is 0 Å². The number of nitrogens with zero attached hydrogens (tertiary/aromatic N) is 3. The monoisotopic (exact) mass is 507 g/mol. The van der Waals surface area contributed by atoms with E-state index in [9.17, 15) is 9.59 Å². The fourth-order valence-corrected chi connectivity index (χ4v) is 4.86. The molecule has 0 fully saturated rings. The third kappa shape index (κ3) is 5.39. The zero-order valence-corrected chi connectivity index (χ0v) is 21.5. The van der Waals surface area contributed by atoms with Gasteiger partial charge in [0.25, 0.3) is 11.8 Å². The van der Waals surface area contributed by atoms with E-state index in [1.165, 1.54) is 11.5 Å². The maximum Gasteiger partial charge on any atom is 0.256 e. The van der Waals surface area contributed by atoms with Crippen molar-refractivity contribution in [3.8, 4) is 11.4 Å². The predicted octanol–water partition coefficient (Wildman–Crippen LogP) is 5.86. The highest BCUT2D eigenvalue weighted by molar-refractivity contribution is 7.05. The van der Waals surface area contributed by atoms with Crippen LogP contribution >= 0.6 is 11.5 Å². The van der Waals surface area contributed by atoms with Gasteiger partial charge >= 0.3 is 0 Å². The van der Waals surface area contributed by atoms with Crippen molar-refractivity contribution >= 4 is 39.9 Å². The molecule has 37 heavy (non-hydrogen) atoms. The predicted molar refractivity (Wildman–Crippen MR) is 147 cm³/mol. The molecule has 5 rings (SSSR count). The number of carbonyl (C=O) groups is 2. The molecule has 0 saturated heterocycles. The summed E-state index contributed by atoms with van der Waals surface area (Å²) in [5, 5.41) is 6.65. The van der Waals surface area contributed by atoms with Gasteiger partial charge in [0.05, 0.1) is 34.7 Å². The Bertz CT molecular complexity index is 1610. The molecule has 184 valence electrons. The molecule has 0 aliphatic rings. The van der Waals surface area contributed by atoms with E-state index in [4.69, 9.17) is 4.98 Å². The van der Waals surface area contributed by atoms with Crippen LogP contribution in [0.4, 0.5) is 5.69 Å². The van der Waals surface area contributed by atoms with Gasteiger partial charge in [-0.25, -0.2) is 4.98 Å². The minimum atomic E-state index is -0.257. The van der Waals surface area contributed by atoms with Crippen LogP contribution in [0.2, 0.25) is 0 Å². The van der Waals surface area contributed by atoms with Gasteiger partial charge in [-0.3, -0.25) is 14.6 Å². The van der Waals surface area contributed by atoms with Crippen LogP contribution in [0.25, 0.3) is 22.3 Å². The summed E-state index contributed by atoms with van der Waals surface area (Å²) in [5.74, 6) is -0.442. The zero-order chi connectivity index (χ0) is 25.9. The fourth-order valence-electron chi connectivity index (χ4n) is 4.19. The van der Waals surface area contributed by atoms with Crippen LogP contribution in [0.3, 0.4) is 0 Å². The molecule has 0 saturated carbocycles. The number of amides is 2. The molecule has 3 aromatic heterocycles. The number of hydrogen-bond acceptors (Lipinski definition) is 6. The molecule has 7 nitrogen and oxygen atoms in total. The van der Waals surface area contributed by atoms with E-state index >= 15 is 0 Å². The van der Waals surface area contributed by atoms with Gasteiger partial charge < -0.3 is 10.6 Å². The van der Waals surface area contributed by atoms with Crippen LogP contribution < -0.4 is 10.6 Å². The van der Waals surface area contributed by atoms with Gasteiger partial charge in [0.15, 0.2) is 0 Å². The number of benzene rings is 2. The first-order valence-electron chi connectivity index (χ1n) is 11.8. The molecule has 0 unspecified atom stereocenters. The molecule has 2 aromatic carbocycles. The van der Waals surface area contributed by atoms with Gasteiger partial charge in [-0.05, 0) is 92.5 Å². The Morgan fingerprint density at radius 3 is 2.41 bits per heavy atom. The summed E-state index contributed by atoms with van der Waals surface area (Å²) in [4.78, 5) is 36.2. The molecule has 5 aromatic rings. The Kier molecular flexibility index (Phi) is 6.74. The van der Waals surface area contributed by atoms with Crippen molar-refractivity contribution < 1.29 is 9.59 Å². The Morgan fingerprint density at radius 1 is 0.892 bits per heavy atom. The first-order chi connectivity index (χ1) is 17.9. The lowest BCUT2D eigenvalue weighted by atomic mass is 10.00. The highest BCUT2D eigenvalue weighted by Gasteiger charge is 2.17. The minimum Gasteiger partial charge on any atom is -0.347 e. The standard InChI is InChI=1S/C29H25N5O2S/c1-17-12-18(2)27-23(13-17)24(15-26(33-27)25-6-4-5-11-30-25)29(36)32-21-9-7-20(8-10-21)28(35)31-16-22-14-19(3)34-37-22/h4-15H,16H2,1-3H3,(H,31,35)(H,32,36). The van der Waals surface area contributed by atoms with Crippen LogP contribution in [0.5, 0.6) is 0 Å². The number of rotatable bonds is 6. The highest BCUT2D eigenvalue weighted by Crippen LogP contribution is 2.28. The molecule has 3 heterocycles. The molecule has 0 aliphatic carbocycles. The van der Waals surface area contributed by atoms with Gasteiger partial charge in [0, 0.05) is 27.7 Å². The number of carbonyl (C=O) groups excluding carboxylic acids is 2. The Labute approximate surface area is 218 Å². The van der Waals surface area contributed by atoms with Gasteiger partial charge in [-0.2, -0.15) is 4.37 Å². The molecule has 2 N–H and O–H groups in total. The molecule has 0 bridgehead atoms. The highest BCUT2D eigenvalue weighted by atomic mass is 32.1. The number of pyridine rings is 2. The first kappa shape index (κ1) is 24.3. The van der Waals surface area contributed by atoms with Crippen molar-refractivity contribution in [2.75, 3.05) is 5.32 Å². The first-order valence-corrected chi connectivity index (χ1v) is 12.6. The Balaban J connectivity index is 1.39. The van der Waals surface area contributed by atoms with Crippen molar-refractivity contribution in [2.45, 2.75) is 27.3 Å². The van der Waals surface area contributed by atoms with E-state index in [-0.39, 0.29) is 11.8 Å². The Hall–Kier alpha value is -4.43. The molecule has 0 spiro atoms. The molecule has 0 aliphatic heterocycles. The number of hydrogen-bond donors (Lipinski definition) is 2. The fraction of sp³-hybridized carbons (Fsp3) is 0.138. The second-order valence-corrected chi connectivity index (χ2v) is 9.79. The lowest BCUT2D eigenvalue weighted by Gasteiger charge is -2.13. The van der Waals surface area contributed by atoms with Crippen molar-refractivity contribution in [3.05, 3.63) is 106 Å². The summed E-state index contributed by atoms with van der Waals surface area (Å²) >= 11 is 1.38. The summed E-state index contributed by atoms with van der Waals surface area (Å²) in [6.45, 7) is 6.34. The topological polar surface area (TPSA) is 96.9 Å². The van der Waals surface area contributed by atoms with E-state index in [0.29, 0.717) is 34.7 Å². The summed E-state index contributed by atoms with van der Waals surface area (Å²) in [5.41, 5.74) is 6.69. The lowest BCUT2D eigenvalue weighted by molar-refractivity contribution is 0.0950. The molecule has 0 atom stereocenters. The molecular formula is C29H25N5O2S. The second-order valence-electron chi connectivity index (χ2n) is 8.90. The SMILES string of the molecule is Cc1cc(C)c2nc(-c3ccccn3)cc(C(=O)Nc3ccc(C(=O)NCc4cc(C)ns4)cc3)c2c1. The van der Waals surface area contributed by atoms with E-state index in [0.717, 1.165) is 32.6 Å². The van der Waals surface area contributed by atoms with Crippen LogP contribution in [0.15, 0.2) is 72.9 Å². The van der Waals surface area contributed by atoms with Crippen LogP contribution in [0.1, 0.15) is 42.4 Å². The smallest absolute Gasteiger partial charge is 0.256 e. The molecule has 8 heteroatoms. The third-order valence-corrected chi connectivity index (χ3v) is 6.80. The maximum atomic E-state index is 13.5. The normalized spacial score (nSPS) is 10.9. The number of aryl methyl sites for hydroxylation is 3. The Morgan fingerprint density at radius 2 is 1.70 bits per heavy atom. The van der Waals surface area contributed by atoms with E-state index < -0.39 is 0 Å². The maximum absolute atomic E-state index is 13.5. The van der Waals surface area contributed by atoms with Crippen LogP contribution in [-0.4, -0.2) is 26.2 Å². The van der Waals surface area contributed by atoms with E-state index in [1.807, 2.05) is 51.1 Å². The van der Waals surface area contributed by atoms with Gasteiger partial charge in [-0.1, -0.05) is 17.7 Å². The largest absolute Gasteiger partial charge is 0.347 e. The molecular weight excluding hydrogens is 482 g/mol. The summed E-state index contributed by atoms with van der Waals surface area (Å²) in [6, 6.07) is 20.2. The van der Waals surface area contributed by atoms with Crippen LogP contribution in [0, 0.1) is 20.8 Å². The van der Waals surface area contributed by atoms with E-state index in [1.54, 1.807) is 36.5 Å². The second kappa shape index (κ2) is 10.3. The van der Waals surface area contributed by atoms with E-state index in [2.05, 4.69) is 26.1 Å². The van der Waals surface area contributed by atoms with Crippen molar-refractivity contribution in [2.24, 2.45) is 0 Å². The zero-order valence-electron chi connectivity index (χ0n) is 20.7. The molecule has 0 radical (unpaired) electrons. The van der Waals surface area contributed by atoms with Crippen molar-refractivity contribution in [1.82, 2.24) is 19.7 Å². The molecule has 2 amide bonds.